The zero-order chi connectivity index (χ0) is 19.4. The lowest BCUT2D eigenvalue weighted by molar-refractivity contribution is -0.122. The Balaban J connectivity index is 1.81. The van der Waals surface area contributed by atoms with Crippen molar-refractivity contribution in [1.29, 1.82) is 0 Å². The molecule has 0 aromatic heterocycles. The summed E-state index contributed by atoms with van der Waals surface area (Å²) >= 11 is 9.92. The number of thiocarbonyl (C=S) groups is 1. The Bertz CT molecular complexity index is 942. The van der Waals surface area contributed by atoms with Gasteiger partial charge in [-0.2, -0.15) is 10.1 Å². The molecular weight excluding hydrogens is 448 g/mol. The number of methoxy groups -OCH3 is 2. The number of carbonyl (C=O) groups is 1. The molecule has 1 aliphatic rings. The summed E-state index contributed by atoms with van der Waals surface area (Å²) < 4.78 is 11.9. The van der Waals surface area contributed by atoms with Crippen LogP contribution in [0.4, 0.5) is 0 Å². The lowest BCUT2D eigenvalue weighted by Gasteiger charge is -2.09. The van der Waals surface area contributed by atoms with Gasteiger partial charge in [-0.05, 0) is 48.1 Å². The summed E-state index contributed by atoms with van der Waals surface area (Å²) in [6.45, 7) is 0. The smallest absolute Gasteiger partial charge is 0.286 e. The molecule has 2 aromatic rings. The van der Waals surface area contributed by atoms with E-state index in [1.807, 2.05) is 24.3 Å². The number of benzene rings is 2. The quantitative estimate of drug-likeness (QED) is 0.366. The molecule has 0 radical (unpaired) electrons. The van der Waals surface area contributed by atoms with Crippen molar-refractivity contribution in [3.8, 4) is 11.5 Å². The van der Waals surface area contributed by atoms with Gasteiger partial charge < -0.3 is 9.47 Å². The van der Waals surface area contributed by atoms with Gasteiger partial charge in [0, 0.05) is 16.1 Å². The summed E-state index contributed by atoms with van der Waals surface area (Å²) in [6, 6.07) is 13.0. The standard InChI is InChI=1S/C19H15BrN2O3S2/c1-24-15-8-5-13(16(10-15)25-2)11-21-22-18(23)17(27-19(22)26)9-12-3-6-14(20)7-4-12/h3-11H,1-2H3/b17-9+,21-11+. The van der Waals surface area contributed by atoms with E-state index >= 15 is 0 Å². The van der Waals surface area contributed by atoms with Crippen LogP contribution < -0.4 is 9.47 Å². The fourth-order valence-corrected chi connectivity index (χ4v) is 3.75. The maximum atomic E-state index is 12.6. The molecule has 0 unspecified atom stereocenters. The Kier molecular flexibility index (Phi) is 6.30. The average Bonchev–Trinajstić information content (AvgIpc) is 2.94. The average molecular weight is 463 g/mol. The van der Waals surface area contributed by atoms with Gasteiger partial charge in [0.05, 0.1) is 25.3 Å². The topological polar surface area (TPSA) is 51.1 Å². The lowest BCUT2D eigenvalue weighted by atomic mass is 10.2. The highest BCUT2D eigenvalue weighted by molar-refractivity contribution is 9.10. The molecule has 1 heterocycles. The third-order valence-electron chi connectivity index (χ3n) is 3.69. The van der Waals surface area contributed by atoms with Crippen molar-refractivity contribution in [1.82, 2.24) is 5.01 Å². The largest absolute Gasteiger partial charge is 0.497 e. The number of hydrazone groups is 1. The van der Waals surface area contributed by atoms with Crippen molar-refractivity contribution in [2.75, 3.05) is 14.2 Å². The van der Waals surface area contributed by atoms with E-state index in [4.69, 9.17) is 21.7 Å². The van der Waals surface area contributed by atoms with Crippen LogP contribution in [0.15, 0.2) is 56.9 Å². The summed E-state index contributed by atoms with van der Waals surface area (Å²) in [5.74, 6) is 1.01. The van der Waals surface area contributed by atoms with Gasteiger partial charge in [0.2, 0.25) is 0 Å². The zero-order valence-corrected chi connectivity index (χ0v) is 17.7. The molecule has 3 rings (SSSR count). The van der Waals surface area contributed by atoms with Crippen LogP contribution in [-0.4, -0.2) is 35.7 Å². The summed E-state index contributed by atoms with van der Waals surface area (Å²) in [4.78, 5) is 13.2. The maximum Gasteiger partial charge on any atom is 0.286 e. The third-order valence-corrected chi connectivity index (χ3v) is 5.51. The fraction of sp³-hybridized carbons (Fsp3) is 0.105. The summed E-state index contributed by atoms with van der Waals surface area (Å²) in [5.41, 5.74) is 1.63. The van der Waals surface area contributed by atoms with E-state index in [1.165, 1.54) is 16.8 Å². The van der Waals surface area contributed by atoms with Gasteiger partial charge in [-0.15, -0.1) is 0 Å². The number of thioether (sulfide) groups is 1. The van der Waals surface area contributed by atoms with Gasteiger partial charge in [-0.25, -0.2) is 0 Å². The highest BCUT2D eigenvalue weighted by Crippen LogP contribution is 2.33. The van der Waals surface area contributed by atoms with Gasteiger partial charge >= 0.3 is 0 Å². The van der Waals surface area contributed by atoms with Crippen molar-refractivity contribution >= 4 is 62.4 Å². The second-order valence-corrected chi connectivity index (χ2v) is 7.99. The summed E-state index contributed by atoms with van der Waals surface area (Å²) in [6.07, 6.45) is 3.35. The lowest BCUT2D eigenvalue weighted by Crippen LogP contribution is -2.22. The number of hydrogen-bond donors (Lipinski definition) is 0. The van der Waals surface area contributed by atoms with Gasteiger partial charge in [-0.3, -0.25) is 4.79 Å². The van der Waals surface area contributed by atoms with Gasteiger partial charge in [0.1, 0.15) is 11.5 Å². The molecule has 0 saturated carbocycles. The molecule has 0 spiro atoms. The molecule has 0 aliphatic carbocycles. The molecule has 0 atom stereocenters. The predicted octanol–water partition coefficient (Wildman–Crippen LogP) is 4.70. The Labute approximate surface area is 175 Å². The van der Waals surface area contributed by atoms with Gasteiger partial charge in [-0.1, -0.05) is 39.8 Å². The van der Waals surface area contributed by atoms with Crippen molar-refractivity contribution in [3.05, 3.63) is 63.0 Å². The van der Waals surface area contributed by atoms with Crippen LogP contribution in [0.1, 0.15) is 11.1 Å². The molecule has 1 fully saturated rings. The van der Waals surface area contributed by atoms with Crippen molar-refractivity contribution in [2.45, 2.75) is 0 Å². The Morgan fingerprint density at radius 2 is 1.89 bits per heavy atom. The summed E-state index contributed by atoms with van der Waals surface area (Å²) in [5, 5.41) is 5.47. The van der Waals surface area contributed by atoms with E-state index in [0.29, 0.717) is 26.3 Å². The van der Waals surface area contributed by atoms with E-state index in [1.54, 1.807) is 44.7 Å². The molecule has 1 aliphatic heterocycles. The van der Waals surface area contributed by atoms with Crippen molar-refractivity contribution < 1.29 is 14.3 Å². The summed E-state index contributed by atoms with van der Waals surface area (Å²) in [7, 11) is 3.15. The molecule has 138 valence electrons. The molecule has 0 bridgehead atoms. The zero-order valence-electron chi connectivity index (χ0n) is 14.5. The third kappa shape index (κ3) is 4.58. The molecule has 1 amide bonds. The van der Waals surface area contributed by atoms with E-state index in [2.05, 4.69) is 21.0 Å². The monoisotopic (exact) mass is 462 g/mol. The highest BCUT2D eigenvalue weighted by Gasteiger charge is 2.32. The normalized spacial score (nSPS) is 15.8. The number of hydrogen-bond acceptors (Lipinski definition) is 6. The van der Waals surface area contributed by atoms with E-state index in [0.717, 1.165) is 10.0 Å². The van der Waals surface area contributed by atoms with Crippen LogP contribution in [-0.2, 0) is 4.79 Å². The number of amides is 1. The molecule has 2 aromatic carbocycles. The Morgan fingerprint density at radius 3 is 2.56 bits per heavy atom. The first kappa shape index (κ1) is 19.6. The van der Waals surface area contributed by atoms with Crippen LogP contribution in [0.2, 0.25) is 0 Å². The molecule has 1 saturated heterocycles. The molecule has 0 N–H and O–H groups in total. The number of nitrogens with zero attached hydrogens (tertiary/aromatic N) is 2. The fourth-order valence-electron chi connectivity index (χ4n) is 2.31. The predicted molar refractivity (Wildman–Crippen MR) is 116 cm³/mol. The van der Waals surface area contributed by atoms with E-state index in [-0.39, 0.29) is 5.91 Å². The molecule has 27 heavy (non-hydrogen) atoms. The first-order chi connectivity index (χ1) is 13.0. The number of halogens is 1. The first-order valence-electron chi connectivity index (χ1n) is 7.81. The second kappa shape index (κ2) is 8.69. The number of ether oxygens (including phenoxy) is 2. The van der Waals surface area contributed by atoms with E-state index in [9.17, 15) is 4.79 Å². The van der Waals surface area contributed by atoms with Gasteiger partial charge in [0.25, 0.3) is 5.91 Å². The van der Waals surface area contributed by atoms with Crippen molar-refractivity contribution in [3.63, 3.8) is 0 Å². The molecular formula is C19H15BrN2O3S2. The highest BCUT2D eigenvalue weighted by atomic mass is 79.9. The number of carbonyl (C=O) groups excluding carboxylic acids is 1. The first-order valence-corrected chi connectivity index (χ1v) is 9.83. The van der Waals surface area contributed by atoms with Crippen LogP contribution in [0.5, 0.6) is 11.5 Å². The number of rotatable bonds is 5. The molecule has 8 heteroatoms. The van der Waals surface area contributed by atoms with Crippen LogP contribution in [0.25, 0.3) is 6.08 Å². The van der Waals surface area contributed by atoms with Gasteiger partial charge in [0.15, 0.2) is 4.32 Å². The van der Waals surface area contributed by atoms with Crippen LogP contribution in [0.3, 0.4) is 0 Å². The molecule has 5 nitrogen and oxygen atoms in total. The van der Waals surface area contributed by atoms with Crippen LogP contribution >= 0.6 is 39.9 Å². The minimum atomic E-state index is -0.253. The van der Waals surface area contributed by atoms with E-state index < -0.39 is 0 Å². The Hall–Kier alpha value is -2.16. The SMILES string of the molecule is COc1ccc(/C=N/N2C(=O)/C(=C\c3ccc(Br)cc3)SC2=S)c(OC)c1. The minimum absolute atomic E-state index is 0.253. The Morgan fingerprint density at radius 1 is 1.15 bits per heavy atom. The van der Waals surface area contributed by atoms with Crippen molar-refractivity contribution in [2.24, 2.45) is 5.10 Å². The second-order valence-electron chi connectivity index (χ2n) is 5.40. The van der Waals surface area contributed by atoms with Crippen LogP contribution in [0, 0.1) is 0 Å². The minimum Gasteiger partial charge on any atom is -0.497 e. The maximum absolute atomic E-state index is 12.6.